The van der Waals surface area contributed by atoms with E-state index in [0.29, 0.717) is 11.7 Å². The minimum atomic E-state index is 0.211. The van der Waals surface area contributed by atoms with Gasteiger partial charge in [0.15, 0.2) is 5.78 Å². The van der Waals surface area contributed by atoms with E-state index in [4.69, 9.17) is 0 Å². The highest BCUT2D eigenvalue weighted by Gasteiger charge is 2.29. The van der Waals surface area contributed by atoms with E-state index in [2.05, 4.69) is 5.32 Å². The van der Waals surface area contributed by atoms with Crippen LogP contribution in [0, 0.1) is 5.92 Å². The number of ketones is 1. The van der Waals surface area contributed by atoms with Gasteiger partial charge in [0.1, 0.15) is 0 Å². The largest absolute Gasteiger partial charge is 0.307 e. The minimum absolute atomic E-state index is 0.211. The first kappa shape index (κ1) is 9.20. The zero-order chi connectivity index (χ0) is 9.10. The third kappa shape index (κ3) is 2.11. The van der Waals surface area contributed by atoms with Crippen LogP contribution in [0.2, 0.25) is 0 Å². The zero-order valence-electron chi connectivity index (χ0n) is 8.22. The first-order valence-electron chi connectivity index (χ1n) is 5.65. The predicted octanol–water partition coefficient (Wildman–Crippen LogP) is 1.89. The number of hydrogen-bond donors (Lipinski definition) is 1. The summed E-state index contributed by atoms with van der Waals surface area (Å²) in [5.74, 6) is 0.904. The molecule has 1 unspecified atom stereocenters. The maximum absolute atomic E-state index is 11.9. The lowest BCUT2D eigenvalue weighted by molar-refractivity contribution is -0.125. The summed E-state index contributed by atoms with van der Waals surface area (Å²) < 4.78 is 0. The second-order valence-corrected chi connectivity index (χ2v) is 4.39. The normalized spacial score (nSPS) is 30.6. The Hall–Kier alpha value is -0.370. The summed E-state index contributed by atoms with van der Waals surface area (Å²) >= 11 is 0. The van der Waals surface area contributed by atoms with Crippen LogP contribution in [0.4, 0.5) is 0 Å². The molecule has 2 nitrogen and oxygen atoms in total. The molecule has 1 aliphatic carbocycles. The molecule has 1 heterocycles. The third-order valence-electron chi connectivity index (χ3n) is 3.41. The van der Waals surface area contributed by atoms with Gasteiger partial charge in [-0.1, -0.05) is 19.3 Å². The molecular formula is C11H19NO. The SMILES string of the molecule is O=C(C1CCCCC1)C1CCCN1. The fraction of sp³-hybridized carbons (Fsp3) is 0.909. The van der Waals surface area contributed by atoms with Crippen LogP contribution in [0.15, 0.2) is 0 Å². The molecule has 2 rings (SSSR count). The average Bonchev–Trinajstić information content (AvgIpc) is 2.71. The number of carbonyl (C=O) groups is 1. The van der Waals surface area contributed by atoms with Gasteiger partial charge in [-0.05, 0) is 32.2 Å². The Kier molecular flexibility index (Phi) is 2.99. The molecule has 1 saturated heterocycles. The van der Waals surface area contributed by atoms with Gasteiger partial charge in [-0.15, -0.1) is 0 Å². The quantitative estimate of drug-likeness (QED) is 0.705. The van der Waals surface area contributed by atoms with Crippen molar-refractivity contribution in [2.45, 2.75) is 51.0 Å². The van der Waals surface area contributed by atoms with Crippen LogP contribution in [0.1, 0.15) is 44.9 Å². The Morgan fingerprint density at radius 1 is 1.00 bits per heavy atom. The van der Waals surface area contributed by atoms with E-state index in [-0.39, 0.29) is 6.04 Å². The van der Waals surface area contributed by atoms with E-state index >= 15 is 0 Å². The van der Waals surface area contributed by atoms with Crippen molar-refractivity contribution in [3.05, 3.63) is 0 Å². The molecule has 1 saturated carbocycles. The number of carbonyl (C=O) groups excluding carboxylic acids is 1. The molecule has 0 radical (unpaired) electrons. The fourth-order valence-corrected chi connectivity index (χ4v) is 2.60. The summed E-state index contributed by atoms with van der Waals surface area (Å²) in [6, 6.07) is 0.211. The van der Waals surface area contributed by atoms with Crippen LogP contribution in [0.25, 0.3) is 0 Å². The van der Waals surface area contributed by atoms with Crippen molar-refractivity contribution >= 4 is 5.78 Å². The molecule has 2 heteroatoms. The van der Waals surface area contributed by atoms with Crippen molar-refractivity contribution in [1.82, 2.24) is 5.32 Å². The van der Waals surface area contributed by atoms with Gasteiger partial charge in [0.2, 0.25) is 0 Å². The zero-order valence-corrected chi connectivity index (χ0v) is 8.22. The average molecular weight is 181 g/mol. The maximum Gasteiger partial charge on any atom is 0.152 e. The molecule has 13 heavy (non-hydrogen) atoms. The second-order valence-electron chi connectivity index (χ2n) is 4.39. The maximum atomic E-state index is 11.9. The lowest BCUT2D eigenvalue weighted by atomic mass is 9.83. The van der Waals surface area contributed by atoms with Gasteiger partial charge < -0.3 is 5.32 Å². The van der Waals surface area contributed by atoms with E-state index in [0.717, 1.165) is 25.8 Å². The van der Waals surface area contributed by atoms with E-state index in [1.165, 1.54) is 25.7 Å². The molecule has 0 aromatic carbocycles. The molecule has 0 bridgehead atoms. The van der Waals surface area contributed by atoms with Crippen molar-refractivity contribution in [3.63, 3.8) is 0 Å². The van der Waals surface area contributed by atoms with Crippen molar-refractivity contribution in [2.75, 3.05) is 6.54 Å². The minimum Gasteiger partial charge on any atom is -0.307 e. The van der Waals surface area contributed by atoms with Gasteiger partial charge in [0, 0.05) is 5.92 Å². The van der Waals surface area contributed by atoms with Crippen LogP contribution in [-0.4, -0.2) is 18.4 Å². The van der Waals surface area contributed by atoms with Gasteiger partial charge in [-0.25, -0.2) is 0 Å². The van der Waals surface area contributed by atoms with Gasteiger partial charge in [0.05, 0.1) is 6.04 Å². The number of hydrogen-bond acceptors (Lipinski definition) is 2. The number of Topliss-reactive ketones (excluding diaryl/α,β-unsaturated/α-hetero) is 1. The Balaban J connectivity index is 1.87. The van der Waals surface area contributed by atoms with Crippen molar-refractivity contribution in [1.29, 1.82) is 0 Å². The summed E-state index contributed by atoms with van der Waals surface area (Å²) in [6.45, 7) is 1.04. The summed E-state index contributed by atoms with van der Waals surface area (Å²) in [5, 5.41) is 3.30. The summed E-state index contributed by atoms with van der Waals surface area (Å²) in [7, 11) is 0. The smallest absolute Gasteiger partial charge is 0.152 e. The summed E-state index contributed by atoms with van der Waals surface area (Å²) in [6.07, 6.45) is 8.43. The van der Waals surface area contributed by atoms with Crippen LogP contribution >= 0.6 is 0 Å². The summed E-state index contributed by atoms with van der Waals surface area (Å²) in [5.41, 5.74) is 0. The molecule has 1 atom stereocenters. The molecule has 74 valence electrons. The van der Waals surface area contributed by atoms with E-state index < -0.39 is 0 Å². The number of rotatable bonds is 2. The van der Waals surface area contributed by atoms with E-state index in [1.807, 2.05) is 0 Å². The molecule has 1 aliphatic heterocycles. The van der Waals surface area contributed by atoms with Crippen LogP contribution < -0.4 is 5.32 Å². The Morgan fingerprint density at radius 2 is 1.77 bits per heavy atom. The van der Waals surface area contributed by atoms with Crippen molar-refractivity contribution < 1.29 is 4.79 Å². The molecule has 0 amide bonds. The molecule has 2 aliphatic rings. The van der Waals surface area contributed by atoms with Gasteiger partial charge in [-0.3, -0.25) is 4.79 Å². The van der Waals surface area contributed by atoms with Crippen molar-refractivity contribution in [2.24, 2.45) is 5.92 Å². The lowest BCUT2D eigenvalue weighted by Crippen LogP contribution is -2.36. The van der Waals surface area contributed by atoms with Gasteiger partial charge in [-0.2, -0.15) is 0 Å². The topological polar surface area (TPSA) is 29.1 Å². The predicted molar refractivity (Wildman–Crippen MR) is 52.6 cm³/mol. The monoisotopic (exact) mass is 181 g/mol. The summed E-state index contributed by atoms with van der Waals surface area (Å²) in [4.78, 5) is 11.9. The van der Waals surface area contributed by atoms with Gasteiger partial charge >= 0.3 is 0 Å². The molecule has 0 spiro atoms. The third-order valence-corrected chi connectivity index (χ3v) is 3.41. The van der Waals surface area contributed by atoms with E-state index in [9.17, 15) is 4.79 Å². The van der Waals surface area contributed by atoms with Crippen LogP contribution in [0.3, 0.4) is 0 Å². The first-order valence-corrected chi connectivity index (χ1v) is 5.65. The standard InChI is InChI=1S/C11H19NO/c13-11(10-7-4-8-12-10)9-5-2-1-3-6-9/h9-10,12H,1-8H2. The highest BCUT2D eigenvalue weighted by Crippen LogP contribution is 2.26. The Morgan fingerprint density at radius 3 is 2.38 bits per heavy atom. The van der Waals surface area contributed by atoms with Crippen LogP contribution in [0.5, 0.6) is 0 Å². The molecule has 1 N–H and O–H groups in total. The Labute approximate surface area is 80.1 Å². The molecular weight excluding hydrogens is 162 g/mol. The van der Waals surface area contributed by atoms with Gasteiger partial charge in [0.25, 0.3) is 0 Å². The second kappa shape index (κ2) is 4.23. The fourth-order valence-electron chi connectivity index (χ4n) is 2.60. The molecule has 0 aromatic heterocycles. The molecule has 2 fully saturated rings. The molecule has 0 aromatic rings. The van der Waals surface area contributed by atoms with Crippen molar-refractivity contribution in [3.8, 4) is 0 Å². The number of nitrogens with one attached hydrogen (secondary N) is 1. The highest BCUT2D eigenvalue weighted by atomic mass is 16.1. The Bertz CT molecular complexity index is 179. The van der Waals surface area contributed by atoms with Crippen LogP contribution in [-0.2, 0) is 4.79 Å². The van der Waals surface area contributed by atoms with E-state index in [1.54, 1.807) is 0 Å². The lowest BCUT2D eigenvalue weighted by Gasteiger charge is -2.23. The highest BCUT2D eigenvalue weighted by molar-refractivity contribution is 5.86. The first-order chi connectivity index (χ1) is 6.38.